The van der Waals surface area contributed by atoms with E-state index >= 15 is 0 Å². The second-order valence-electron chi connectivity index (χ2n) is 21.9. The van der Waals surface area contributed by atoms with E-state index in [2.05, 4.69) is 38.1 Å². The normalized spacial score (nSPS) is 14.1. The smallest absolute Gasteiger partial charge is 0.676 e. The van der Waals surface area contributed by atoms with Crippen molar-refractivity contribution in [2.45, 2.75) is 167 Å². The summed E-state index contributed by atoms with van der Waals surface area (Å²) in [5.41, 5.74) is 17.3. The van der Waals surface area contributed by atoms with Crippen LogP contribution in [0.15, 0.2) is 48.5 Å². The molecule has 6 N–H and O–H groups in total. The topological polar surface area (TPSA) is 291 Å². The molecular formula is C66H122N2O20PtS2+4. The van der Waals surface area contributed by atoms with Gasteiger partial charge in [-0.1, -0.05) is 141 Å². The maximum Gasteiger partial charge on any atom is 4.00 e. The Labute approximate surface area is 563 Å². The van der Waals surface area contributed by atoms with E-state index in [1.807, 2.05) is 24.3 Å². The maximum atomic E-state index is 10.7. The van der Waals surface area contributed by atoms with Gasteiger partial charge in [0, 0.05) is 13.2 Å². The second-order valence-corrected chi connectivity index (χ2v) is 25.2. The number of hydrogen-bond acceptors (Lipinski definition) is 18. The number of rotatable bonds is 62. The number of benzene rings is 2. The predicted octanol–water partition coefficient (Wildman–Crippen LogP) is 10.2. The summed E-state index contributed by atoms with van der Waals surface area (Å²) in [6.07, 6.45) is 25.8. The van der Waals surface area contributed by atoms with E-state index in [1.54, 1.807) is 0 Å². The summed E-state index contributed by atoms with van der Waals surface area (Å²) in [5.74, 6) is 1.38. The van der Waals surface area contributed by atoms with Crippen molar-refractivity contribution in [2.75, 3.05) is 183 Å². The summed E-state index contributed by atoms with van der Waals surface area (Å²) in [4.78, 5) is 0. The molecule has 3 rings (SSSR count). The van der Waals surface area contributed by atoms with Gasteiger partial charge in [0.15, 0.2) is 0 Å². The van der Waals surface area contributed by atoms with Crippen LogP contribution in [0, 0.1) is 0 Å². The van der Waals surface area contributed by atoms with Gasteiger partial charge in [0.25, 0.3) is 0 Å². The first-order valence-corrected chi connectivity index (χ1v) is 36.9. The molecule has 0 saturated heterocycles. The minimum absolute atomic E-state index is 0. The van der Waals surface area contributed by atoms with E-state index in [4.69, 9.17) is 86.9 Å². The van der Waals surface area contributed by atoms with Crippen molar-refractivity contribution in [3.05, 3.63) is 71.1 Å². The van der Waals surface area contributed by atoms with E-state index < -0.39 is 20.2 Å². The molecule has 2 aromatic rings. The average molecular weight is 1520 g/mol. The van der Waals surface area contributed by atoms with Gasteiger partial charge in [-0.25, -0.2) is 0 Å². The third-order valence-electron chi connectivity index (χ3n) is 13.9. The van der Waals surface area contributed by atoms with Gasteiger partial charge in [0.2, 0.25) is 0 Å². The molecule has 1 fully saturated rings. The molecule has 0 amide bonds. The monoisotopic (exact) mass is 1520 g/mol. The summed E-state index contributed by atoms with van der Waals surface area (Å²) >= 11 is 0. The Kier molecular flexibility index (Phi) is 65.1. The van der Waals surface area contributed by atoms with Crippen molar-refractivity contribution < 1.29 is 113 Å². The molecule has 25 heteroatoms. The van der Waals surface area contributed by atoms with E-state index in [1.165, 1.54) is 114 Å². The first-order chi connectivity index (χ1) is 43.8. The summed E-state index contributed by atoms with van der Waals surface area (Å²) in [5, 5.41) is 0. The standard InChI is InChI=1S/2C30H54O10S.C6H12N2.Pt/c2*1-2-3-4-5-6-7-8-10-29-11-13-30(14-12-29)40-27-26-39-25-24-38-23-22-37-21-20-36-19-18-35-17-16-34-15-9-28-41(31,32)33;7-5-3-1-2-4-6(5)8;/h2*11-14H,2-10,15-28H2,1H3,(H,31,32,33);5-8H,1-4H2;/q;;-2;+4/p+2. The average Bonchev–Trinajstić information content (AvgIpc) is 3.17. The van der Waals surface area contributed by atoms with Crippen molar-refractivity contribution in [3.63, 3.8) is 0 Å². The van der Waals surface area contributed by atoms with Crippen LogP contribution >= 0.6 is 0 Å². The predicted molar refractivity (Wildman–Crippen MR) is 356 cm³/mol. The largest absolute Gasteiger partial charge is 4.00 e. The Morgan fingerprint density at radius 3 is 0.780 bits per heavy atom. The van der Waals surface area contributed by atoms with Crippen LogP contribution in [0.2, 0.25) is 0 Å². The zero-order valence-electron chi connectivity index (χ0n) is 55.6. The Bertz CT molecular complexity index is 1900. The maximum absolute atomic E-state index is 10.7. The third kappa shape index (κ3) is 66.4. The fourth-order valence-corrected chi connectivity index (χ4v) is 9.75. The van der Waals surface area contributed by atoms with Crippen LogP contribution in [-0.4, -0.2) is 221 Å². The molecule has 2 atom stereocenters. The van der Waals surface area contributed by atoms with Crippen molar-refractivity contribution in [1.82, 2.24) is 0 Å². The molecule has 0 radical (unpaired) electrons. The molecule has 534 valence electrons. The van der Waals surface area contributed by atoms with Crippen LogP contribution in [0.4, 0.5) is 0 Å². The molecule has 2 unspecified atom stereocenters. The van der Waals surface area contributed by atoms with Gasteiger partial charge < -0.3 is 86.9 Å². The van der Waals surface area contributed by atoms with Crippen LogP contribution in [0.5, 0.6) is 11.5 Å². The van der Waals surface area contributed by atoms with Crippen LogP contribution in [-0.2, 0) is 111 Å². The summed E-state index contributed by atoms with van der Waals surface area (Å²) < 4.78 is 133. The summed E-state index contributed by atoms with van der Waals surface area (Å²) in [6, 6.07) is 16.7. The molecule has 22 nitrogen and oxygen atoms in total. The van der Waals surface area contributed by atoms with Crippen LogP contribution in [0.1, 0.15) is 153 Å². The molecule has 0 aromatic heterocycles. The van der Waals surface area contributed by atoms with E-state index in [0.717, 1.165) is 37.2 Å². The SMILES string of the molecule is CCCCCCCCCc1ccc(OCCOCCOCCOCCOCCOCCOCCCS(=O)(=O)[OH2+])cc1.CCCCCCCCCc1ccc(OCCOCCOCCOCCOCCOCCOCCCS(=O)(=O)[OH2+])cc1.[NH-]C1CCCCC1[NH-].[Pt+4]. The quantitative estimate of drug-likeness (QED) is 0.0439. The molecule has 1 aliphatic carbocycles. The van der Waals surface area contributed by atoms with E-state index in [-0.39, 0.29) is 44.7 Å². The fourth-order valence-electron chi connectivity index (χ4n) is 8.75. The van der Waals surface area contributed by atoms with Gasteiger partial charge in [0.1, 0.15) is 36.2 Å². The minimum Gasteiger partial charge on any atom is -0.676 e. The van der Waals surface area contributed by atoms with Gasteiger partial charge in [-0.3, -0.25) is 0 Å². The van der Waals surface area contributed by atoms with Crippen LogP contribution < -0.4 is 9.47 Å². The fraction of sp³-hybridized carbons (Fsp3) is 0.818. The molecule has 1 saturated carbocycles. The first-order valence-electron chi connectivity index (χ1n) is 33.6. The zero-order chi connectivity index (χ0) is 65.4. The van der Waals surface area contributed by atoms with E-state index in [9.17, 15) is 16.8 Å². The second kappa shape index (κ2) is 66.6. The number of nitrogens with one attached hydrogen (secondary N) is 2. The molecule has 0 bridgehead atoms. The third-order valence-corrected chi connectivity index (χ3v) is 15.5. The Morgan fingerprint density at radius 2 is 0.549 bits per heavy atom. The molecule has 0 aliphatic heterocycles. The summed E-state index contributed by atoms with van der Waals surface area (Å²) in [7, 11) is -7.33. The molecule has 1 aliphatic rings. The number of ether oxygens (including phenoxy) is 14. The number of aryl methyl sites for hydroxylation is 2. The van der Waals surface area contributed by atoms with E-state index in [0.29, 0.717) is 185 Å². The molecule has 2 aromatic carbocycles. The summed E-state index contributed by atoms with van der Waals surface area (Å²) in [6.45, 7) is 16.6. The molecule has 91 heavy (non-hydrogen) atoms. The van der Waals surface area contributed by atoms with Crippen molar-refractivity contribution >= 4 is 20.2 Å². The van der Waals surface area contributed by atoms with Crippen molar-refractivity contribution in [1.29, 1.82) is 0 Å². The van der Waals surface area contributed by atoms with Gasteiger partial charge in [-0.2, -0.15) is 28.9 Å². The zero-order valence-corrected chi connectivity index (χ0v) is 59.5. The van der Waals surface area contributed by atoms with Crippen molar-refractivity contribution in [3.8, 4) is 11.5 Å². The Balaban J connectivity index is 0.00000156. The number of unbranched alkanes of at least 4 members (excludes halogenated alkanes) is 12. The Morgan fingerprint density at radius 1 is 0.330 bits per heavy atom. The van der Waals surface area contributed by atoms with Crippen molar-refractivity contribution in [2.24, 2.45) is 0 Å². The Hall–Kier alpha value is -2.01. The molecule has 0 heterocycles. The molecular weight excluding hydrogens is 1400 g/mol. The van der Waals surface area contributed by atoms with Crippen LogP contribution in [0.25, 0.3) is 11.5 Å². The van der Waals surface area contributed by atoms with Gasteiger partial charge in [-0.15, -0.1) is 0 Å². The molecule has 0 spiro atoms. The van der Waals surface area contributed by atoms with Gasteiger partial charge in [0.05, 0.1) is 145 Å². The number of hydrogen-bond donors (Lipinski definition) is 0. The van der Waals surface area contributed by atoms with Gasteiger partial charge >= 0.3 is 41.3 Å². The first kappa shape index (κ1) is 89.0. The van der Waals surface area contributed by atoms with Gasteiger partial charge in [-0.05, 0) is 73.9 Å². The minimum atomic E-state index is -3.67. The van der Waals surface area contributed by atoms with Crippen LogP contribution in [0.3, 0.4) is 0 Å².